The van der Waals surface area contributed by atoms with Crippen molar-refractivity contribution in [3.63, 3.8) is 0 Å². The molecule has 4 rings (SSSR count). The molecule has 0 spiro atoms. The van der Waals surface area contributed by atoms with Crippen molar-refractivity contribution in [2.75, 3.05) is 0 Å². The van der Waals surface area contributed by atoms with Crippen molar-refractivity contribution in [2.45, 2.75) is 45.6 Å². The number of aromatic nitrogens is 2. The first-order valence-corrected chi connectivity index (χ1v) is 10.2. The average Bonchev–Trinajstić information content (AvgIpc) is 3.03. The normalized spacial score (nSPS) is 13.6. The van der Waals surface area contributed by atoms with E-state index < -0.39 is 0 Å². The fraction of sp³-hybridized carbons (Fsp3) is 0.350. The molecule has 2 aromatic heterocycles. The van der Waals surface area contributed by atoms with Crippen LogP contribution >= 0.6 is 22.9 Å². The highest BCUT2D eigenvalue weighted by Crippen LogP contribution is 2.33. The molecule has 3 aromatic rings. The maximum Gasteiger partial charge on any atom is 0.313 e. The fourth-order valence-corrected chi connectivity index (χ4v) is 4.90. The lowest BCUT2D eigenvalue weighted by molar-refractivity contribution is -0.134. The van der Waals surface area contributed by atoms with Gasteiger partial charge in [-0.15, -0.1) is 11.3 Å². The summed E-state index contributed by atoms with van der Waals surface area (Å²) in [5.74, 6) is 0.0944. The molecular formula is C20H19ClN2O3S. The van der Waals surface area contributed by atoms with Crippen LogP contribution in [0.3, 0.4) is 0 Å². The van der Waals surface area contributed by atoms with E-state index >= 15 is 0 Å². The second-order valence-corrected chi connectivity index (χ2v) is 8.29. The maximum absolute atomic E-state index is 12.9. The number of hydrogen-bond acceptors (Lipinski definition) is 5. The first-order chi connectivity index (χ1) is 13.0. The predicted molar refractivity (Wildman–Crippen MR) is 107 cm³/mol. The van der Waals surface area contributed by atoms with Crippen molar-refractivity contribution >= 4 is 39.1 Å². The van der Waals surface area contributed by atoms with Gasteiger partial charge < -0.3 is 4.74 Å². The Morgan fingerprint density at radius 1 is 1.33 bits per heavy atom. The average molecular weight is 403 g/mol. The number of rotatable bonds is 4. The van der Waals surface area contributed by atoms with Crippen LogP contribution in [-0.4, -0.2) is 15.5 Å². The summed E-state index contributed by atoms with van der Waals surface area (Å²) in [7, 11) is 0. The Hall–Kier alpha value is -2.18. The number of thiophene rings is 1. The van der Waals surface area contributed by atoms with E-state index in [1.807, 2.05) is 6.92 Å². The Bertz CT molecular complexity index is 1090. The molecule has 0 fully saturated rings. The Balaban J connectivity index is 1.51. The summed E-state index contributed by atoms with van der Waals surface area (Å²) in [6.07, 6.45) is 5.88. The summed E-state index contributed by atoms with van der Waals surface area (Å²) in [6.45, 7) is 2.08. The van der Waals surface area contributed by atoms with Gasteiger partial charge in [-0.3, -0.25) is 14.2 Å². The third-order valence-electron chi connectivity index (χ3n) is 4.86. The molecule has 7 heteroatoms. The van der Waals surface area contributed by atoms with E-state index in [1.165, 1.54) is 22.2 Å². The summed E-state index contributed by atoms with van der Waals surface area (Å²) < 4.78 is 6.91. The quantitative estimate of drug-likeness (QED) is 0.482. The van der Waals surface area contributed by atoms with E-state index in [4.69, 9.17) is 16.3 Å². The van der Waals surface area contributed by atoms with Crippen molar-refractivity contribution in [2.24, 2.45) is 0 Å². The standard InChI is InChI=1S/C20H19ClN2O3S/c1-12-10-13(21)6-7-15(12)26-17(24)8-9-23-11-22-19-18(20(23)25)14-4-2-3-5-16(14)27-19/h6-7,10-11H,2-5,8-9H2,1H3. The van der Waals surface area contributed by atoms with Crippen LogP contribution in [0.1, 0.15) is 35.3 Å². The number of carbonyl (C=O) groups is 1. The molecule has 0 unspecified atom stereocenters. The second kappa shape index (κ2) is 7.44. The number of ether oxygens (including phenoxy) is 1. The fourth-order valence-electron chi connectivity index (χ4n) is 3.45. The highest BCUT2D eigenvalue weighted by molar-refractivity contribution is 7.18. The highest BCUT2D eigenvalue weighted by Gasteiger charge is 2.20. The van der Waals surface area contributed by atoms with Gasteiger partial charge >= 0.3 is 5.97 Å². The van der Waals surface area contributed by atoms with Gasteiger partial charge in [-0.2, -0.15) is 0 Å². The smallest absolute Gasteiger partial charge is 0.313 e. The zero-order valence-corrected chi connectivity index (χ0v) is 16.5. The zero-order valence-electron chi connectivity index (χ0n) is 15.0. The van der Waals surface area contributed by atoms with Crippen molar-refractivity contribution in [1.29, 1.82) is 0 Å². The van der Waals surface area contributed by atoms with Gasteiger partial charge in [-0.1, -0.05) is 11.6 Å². The van der Waals surface area contributed by atoms with Gasteiger partial charge in [-0.05, 0) is 61.9 Å². The van der Waals surface area contributed by atoms with Crippen LogP contribution in [0.2, 0.25) is 5.02 Å². The Morgan fingerprint density at radius 2 is 2.15 bits per heavy atom. The van der Waals surface area contributed by atoms with Crippen molar-refractivity contribution in [3.05, 3.63) is 55.9 Å². The van der Waals surface area contributed by atoms with E-state index in [1.54, 1.807) is 29.5 Å². The van der Waals surface area contributed by atoms with E-state index in [-0.39, 0.29) is 24.5 Å². The first kappa shape index (κ1) is 18.2. The number of carbonyl (C=O) groups excluding carboxylic acids is 1. The van der Waals surface area contributed by atoms with Crippen LogP contribution < -0.4 is 10.3 Å². The summed E-state index contributed by atoms with van der Waals surface area (Å²) in [5, 5.41) is 1.33. The molecule has 0 saturated carbocycles. The van der Waals surface area contributed by atoms with E-state index in [9.17, 15) is 9.59 Å². The lowest BCUT2D eigenvalue weighted by Crippen LogP contribution is -2.23. The monoisotopic (exact) mass is 402 g/mol. The second-order valence-electron chi connectivity index (χ2n) is 6.77. The largest absolute Gasteiger partial charge is 0.426 e. The summed E-state index contributed by atoms with van der Waals surface area (Å²) in [4.78, 5) is 31.6. The van der Waals surface area contributed by atoms with Crippen LogP contribution in [0.25, 0.3) is 10.2 Å². The molecule has 5 nitrogen and oxygen atoms in total. The molecule has 0 radical (unpaired) electrons. The molecule has 0 saturated heterocycles. The molecule has 0 bridgehead atoms. The molecule has 27 heavy (non-hydrogen) atoms. The van der Waals surface area contributed by atoms with E-state index in [2.05, 4.69) is 4.98 Å². The molecule has 1 aromatic carbocycles. The number of esters is 1. The minimum Gasteiger partial charge on any atom is -0.426 e. The number of aryl methyl sites for hydroxylation is 4. The van der Waals surface area contributed by atoms with Gasteiger partial charge in [-0.25, -0.2) is 4.98 Å². The number of halogens is 1. The molecule has 140 valence electrons. The van der Waals surface area contributed by atoms with Crippen molar-refractivity contribution in [1.82, 2.24) is 9.55 Å². The lowest BCUT2D eigenvalue weighted by Gasteiger charge is -2.11. The minimum atomic E-state index is -0.389. The van der Waals surface area contributed by atoms with Gasteiger partial charge in [0.2, 0.25) is 0 Å². The van der Waals surface area contributed by atoms with E-state index in [0.717, 1.165) is 40.6 Å². The molecule has 2 heterocycles. The first-order valence-electron chi connectivity index (χ1n) is 8.99. The summed E-state index contributed by atoms with van der Waals surface area (Å²) in [6, 6.07) is 5.10. The molecule has 0 N–H and O–H groups in total. The summed E-state index contributed by atoms with van der Waals surface area (Å²) in [5.41, 5.74) is 1.89. The van der Waals surface area contributed by atoms with Gasteiger partial charge in [0.25, 0.3) is 5.56 Å². The van der Waals surface area contributed by atoms with Gasteiger partial charge in [0, 0.05) is 16.4 Å². The summed E-state index contributed by atoms with van der Waals surface area (Å²) >= 11 is 7.54. The molecule has 0 atom stereocenters. The van der Waals surface area contributed by atoms with Crippen molar-refractivity contribution in [3.8, 4) is 5.75 Å². The van der Waals surface area contributed by atoms with E-state index in [0.29, 0.717) is 10.8 Å². The lowest BCUT2D eigenvalue weighted by atomic mass is 9.97. The topological polar surface area (TPSA) is 61.2 Å². The molecule has 1 aliphatic carbocycles. The number of benzene rings is 1. The number of hydrogen-bond donors (Lipinski definition) is 0. The maximum atomic E-state index is 12.9. The third kappa shape index (κ3) is 3.64. The number of nitrogens with zero attached hydrogens (tertiary/aromatic N) is 2. The Morgan fingerprint density at radius 3 is 2.96 bits per heavy atom. The van der Waals surface area contributed by atoms with Gasteiger partial charge in [0.1, 0.15) is 10.6 Å². The van der Waals surface area contributed by atoms with Crippen LogP contribution in [0.5, 0.6) is 5.75 Å². The van der Waals surface area contributed by atoms with Crippen LogP contribution in [-0.2, 0) is 24.2 Å². The predicted octanol–water partition coefficient (Wildman–Crippen LogP) is 4.29. The highest BCUT2D eigenvalue weighted by atomic mass is 35.5. The minimum absolute atomic E-state index is 0.0603. The van der Waals surface area contributed by atoms with Crippen LogP contribution in [0.15, 0.2) is 29.3 Å². The van der Waals surface area contributed by atoms with Crippen LogP contribution in [0.4, 0.5) is 0 Å². The Labute approximate surface area is 165 Å². The third-order valence-corrected chi connectivity index (χ3v) is 6.29. The molecule has 0 aliphatic heterocycles. The Kier molecular flexibility index (Phi) is 5.02. The SMILES string of the molecule is Cc1cc(Cl)ccc1OC(=O)CCn1cnc2sc3c(c2c1=O)CCCC3. The molecular weight excluding hydrogens is 384 g/mol. The van der Waals surface area contributed by atoms with Crippen molar-refractivity contribution < 1.29 is 9.53 Å². The molecule has 1 aliphatic rings. The van der Waals surface area contributed by atoms with Gasteiger partial charge in [0.15, 0.2) is 0 Å². The van der Waals surface area contributed by atoms with Gasteiger partial charge in [0.05, 0.1) is 18.1 Å². The number of fused-ring (bicyclic) bond motifs is 3. The molecule has 0 amide bonds. The van der Waals surface area contributed by atoms with Crippen LogP contribution in [0, 0.1) is 6.92 Å². The zero-order chi connectivity index (χ0) is 19.0.